The quantitative estimate of drug-likeness (QED) is 0.672. The van der Waals surface area contributed by atoms with Crippen LogP contribution in [0, 0.1) is 10.1 Å². The van der Waals surface area contributed by atoms with Gasteiger partial charge in [0.05, 0.1) is 16.2 Å². The summed E-state index contributed by atoms with van der Waals surface area (Å²) in [6, 6.07) is 6.41. The smallest absolute Gasteiger partial charge is 0.269 e. The summed E-state index contributed by atoms with van der Waals surface area (Å²) in [5.41, 5.74) is 7.71. The van der Waals surface area contributed by atoms with Crippen molar-refractivity contribution in [2.45, 2.75) is 32.2 Å². The fraction of sp³-hybridized carbons (Fsp3) is 0.357. The van der Waals surface area contributed by atoms with Crippen molar-refractivity contribution in [2.24, 2.45) is 5.73 Å². The van der Waals surface area contributed by atoms with E-state index < -0.39 is 4.92 Å². The van der Waals surface area contributed by atoms with Crippen molar-refractivity contribution in [2.75, 3.05) is 0 Å². The maximum Gasteiger partial charge on any atom is 0.269 e. The Morgan fingerprint density at radius 1 is 1.30 bits per heavy atom. The molecular weight excluding hydrogens is 274 g/mol. The highest BCUT2D eigenvalue weighted by Crippen LogP contribution is 2.32. The zero-order valence-electron chi connectivity index (χ0n) is 11.5. The van der Waals surface area contributed by atoms with Gasteiger partial charge in [-0.2, -0.15) is 0 Å². The van der Waals surface area contributed by atoms with Gasteiger partial charge in [-0.3, -0.25) is 10.1 Å². The van der Waals surface area contributed by atoms with E-state index in [0.717, 1.165) is 29.1 Å². The zero-order valence-corrected chi connectivity index (χ0v) is 12.3. The molecule has 0 spiro atoms. The summed E-state index contributed by atoms with van der Waals surface area (Å²) in [6.07, 6.45) is 1.66. The Morgan fingerprint density at radius 2 is 1.90 bits per heavy atom. The zero-order chi connectivity index (χ0) is 14.8. The van der Waals surface area contributed by atoms with Crippen molar-refractivity contribution in [3.63, 3.8) is 0 Å². The van der Waals surface area contributed by atoms with Gasteiger partial charge in [0, 0.05) is 23.1 Å². The number of hydrogen-bond donors (Lipinski definition) is 1. The van der Waals surface area contributed by atoms with Crippen LogP contribution in [0.4, 0.5) is 5.69 Å². The molecule has 1 heterocycles. The lowest BCUT2D eigenvalue weighted by Crippen LogP contribution is -2.34. The molecule has 0 aliphatic heterocycles. The molecule has 0 aliphatic carbocycles. The van der Waals surface area contributed by atoms with Gasteiger partial charge in [-0.05, 0) is 25.0 Å². The van der Waals surface area contributed by atoms with Gasteiger partial charge in [-0.1, -0.05) is 13.8 Å². The Morgan fingerprint density at radius 3 is 2.40 bits per heavy atom. The molecule has 20 heavy (non-hydrogen) atoms. The highest BCUT2D eigenvalue weighted by molar-refractivity contribution is 7.10. The standard InChI is InChI=1S/C14H17N3O2S/c1-3-14(15,4-2)13-16-12(9-20-13)10-5-7-11(8-6-10)17(18)19/h5-9H,3-4,15H2,1-2H3. The maximum atomic E-state index is 10.6. The van der Waals surface area contributed by atoms with E-state index in [1.807, 2.05) is 5.38 Å². The number of nitrogens with zero attached hydrogens (tertiary/aromatic N) is 2. The van der Waals surface area contributed by atoms with Crippen LogP contribution in [-0.4, -0.2) is 9.91 Å². The second-order valence-corrected chi connectivity index (χ2v) is 5.56. The van der Waals surface area contributed by atoms with Gasteiger partial charge in [0.15, 0.2) is 0 Å². The second-order valence-electron chi connectivity index (χ2n) is 4.71. The third kappa shape index (κ3) is 2.71. The molecule has 0 fully saturated rings. The van der Waals surface area contributed by atoms with Gasteiger partial charge in [-0.25, -0.2) is 4.98 Å². The molecule has 0 saturated carbocycles. The van der Waals surface area contributed by atoms with Crippen molar-refractivity contribution in [3.8, 4) is 11.3 Å². The summed E-state index contributed by atoms with van der Waals surface area (Å²) < 4.78 is 0. The van der Waals surface area contributed by atoms with E-state index in [-0.39, 0.29) is 11.2 Å². The monoisotopic (exact) mass is 291 g/mol. The SMILES string of the molecule is CCC(N)(CC)c1nc(-c2ccc([N+](=O)[O-])cc2)cs1. The summed E-state index contributed by atoms with van der Waals surface area (Å²) in [7, 11) is 0. The van der Waals surface area contributed by atoms with Crippen LogP contribution in [0.25, 0.3) is 11.3 Å². The average Bonchev–Trinajstić information content (AvgIpc) is 2.97. The molecule has 0 saturated heterocycles. The van der Waals surface area contributed by atoms with Gasteiger partial charge < -0.3 is 5.73 Å². The molecule has 5 nitrogen and oxygen atoms in total. The highest BCUT2D eigenvalue weighted by Gasteiger charge is 2.26. The predicted octanol–water partition coefficient (Wildman–Crippen LogP) is 3.69. The van der Waals surface area contributed by atoms with E-state index >= 15 is 0 Å². The number of thiazole rings is 1. The number of nitro benzene ring substituents is 1. The van der Waals surface area contributed by atoms with Crippen LogP contribution in [0.5, 0.6) is 0 Å². The van der Waals surface area contributed by atoms with Crippen molar-refractivity contribution in [1.82, 2.24) is 4.98 Å². The van der Waals surface area contributed by atoms with Crippen LogP contribution in [0.15, 0.2) is 29.6 Å². The van der Waals surface area contributed by atoms with E-state index in [2.05, 4.69) is 18.8 Å². The Bertz CT molecular complexity index is 603. The van der Waals surface area contributed by atoms with Crippen LogP contribution in [0.2, 0.25) is 0 Å². The van der Waals surface area contributed by atoms with E-state index in [4.69, 9.17) is 5.73 Å². The van der Waals surface area contributed by atoms with Gasteiger partial charge in [0.1, 0.15) is 5.01 Å². The lowest BCUT2D eigenvalue weighted by molar-refractivity contribution is -0.384. The van der Waals surface area contributed by atoms with E-state index in [0.29, 0.717) is 0 Å². The summed E-state index contributed by atoms with van der Waals surface area (Å²) in [5, 5.41) is 13.5. The molecule has 106 valence electrons. The molecule has 0 bridgehead atoms. The molecular formula is C14H17N3O2S. The van der Waals surface area contributed by atoms with Gasteiger partial charge >= 0.3 is 0 Å². The number of nitrogens with two attached hydrogens (primary N) is 1. The topological polar surface area (TPSA) is 82.0 Å². The molecule has 0 radical (unpaired) electrons. The molecule has 1 aromatic carbocycles. The number of aromatic nitrogens is 1. The van der Waals surface area contributed by atoms with Gasteiger partial charge in [0.25, 0.3) is 5.69 Å². The Labute approximate surface area is 121 Å². The van der Waals surface area contributed by atoms with Crippen molar-refractivity contribution >= 4 is 17.0 Å². The summed E-state index contributed by atoms with van der Waals surface area (Å²) in [4.78, 5) is 14.8. The van der Waals surface area contributed by atoms with Gasteiger partial charge in [0.2, 0.25) is 0 Å². The molecule has 6 heteroatoms. The van der Waals surface area contributed by atoms with Crippen LogP contribution in [-0.2, 0) is 5.54 Å². The molecule has 2 aromatic rings. The fourth-order valence-electron chi connectivity index (χ4n) is 1.94. The first kappa shape index (κ1) is 14.6. The van der Waals surface area contributed by atoms with E-state index in [1.54, 1.807) is 23.5 Å². The molecule has 2 rings (SSSR count). The van der Waals surface area contributed by atoms with E-state index in [1.165, 1.54) is 12.1 Å². The number of rotatable bonds is 5. The van der Waals surface area contributed by atoms with Crippen molar-refractivity contribution in [3.05, 3.63) is 44.8 Å². The lowest BCUT2D eigenvalue weighted by atomic mass is 9.95. The molecule has 0 unspecified atom stereocenters. The molecule has 2 N–H and O–H groups in total. The third-order valence-corrected chi connectivity index (χ3v) is 4.63. The predicted molar refractivity (Wildman–Crippen MR) is 80.7 cm³/mol. The Balaban J connectivity index is 2.31. The Kier molecular flexibility index (Phi) is 4.15. The average molecular weight is 291 g/mol. The fourth-order valence-corrected chi connectivity index (χ4v) is 3.03. The number of benzene rings is 1. The first-order chi connectivity index (χ1) is 9.50. The van der Waals surface area contributed by atoms with Crippen molar-refractivity contribution < 1.29 is 4.92 Å². The Hall–Kier alpha value is -1.79. The van der Waals surface area contributed by atoms with Gasteiger partial charge in [-0.15, -0.1) is 11.3 Å². The van der Waals surface area contributed by atoms with Crippen LogP contribution >= 0.6 is 11.3 Å². The van der Waals surface area contributed by atoms with Crippen LogP contribution < -0.4 is 5.73 Å². The minimum Gasteiger partial charge on any atom is -0.319 e. The number of non-ortho nitro benzene ring substituents is 1. The lowest BCUT2D eigenvalue weighted by Gasteiger charge is -2.23. The molecule has 0 amide bonds. The largest absolute Gasteiger partial charge is 0.319 e. The first-order valence-electron chi connectivity index (χ1n) is 6.50. The van der Waals surface area contributed by atoms with Crippen LogP contribution in [0.3, 0.4) is 0 Å². The minimum absolute atomic E-state index is 0.0829. The number of hydrogen-bond acceptors (Lipinski definition) is 5. The normalized spacial score (nSPS) is 11.6. The molecule has 0 aliphatic rings. The maximum absolute atomic E-state index is 10.6. The van der Waals surface area contributed by atoms with E-state index in [9.17, 15) is 10.1 Å². The van der Waals surface area contributed by atoms with Crippen LogP contribution in [0.1, 0.15) is 31.7 Å². The highest BCUT2D eigenvalue weighted by atomic mass is 32.1. The third-order valence-electron chi connectivity index (χ3n) is 3.57. The molecule has 0 atom stereocenters. The summed E-state index contributed by atoms with van der Waals surface area (Å²) in [5.74, 6) is 0. The molecule has 1 aromatic heterocycles. The first-order valence-corrected chi connectivity index (χ1v) is 7.38. The minimum atomic E-state index is -0.407. The summed E-state index contributed by atoms with van der Waals surface area (Å²) in [6.45, 7) is 4.10. The number of nitro groups is 1. The summed E-state index contributed by atoms with van der Waals surface area (Å²) >= 11 is 1.54. The second kappa shape index (κ2) is 5.68. The van der Waals surface area contributed by atoms with Crippen molar-refractivity contribution in [1.29, 1.82) is 0 Å².